The lowest BCUT2D eigenvalue weighted by atomic mass is 10.4. The standard InChI is InChI=1S/C5H10.CH2O3/c1-3-5-4-2;2-1(3)4/h3,5H,4H2,1-2H3;(H2,2,3,4)/b5-3-;. The van der Waals surface area contributed by atoms with E-state index in [9.17, 15) is 0 Å². The minimum atomic E-state index is -1.83. The minimum absolute atomic E-state index is 1.16. The van der Waals surface area contributed by atoms with Crippen molar-refractivity contribution in [2.75, 3.05) is 0 Å². The van der Waals surface area contributed by atoms with E-state index in [1.54, 1.807) is 0 Å². The van der Waals surface area contributed by atoms with E-state index in [-0.39, 0.29) is 0 Å². The lowest BCUT2D eigenvalue weighted by Gasteiger charge is -1.65. The van der Waals surface area contributed by atoms with Crippen LogP contribution >= 0.6 is 0 Å². The third-order valence-corrected chi connectivity index (χ3v) is 0.471. The van der Waals surface area contributed by atoms with Gasteiger partial charge in [0.15, 0.2) is 0 Å². The molecule has 0 radical (unpaired) electrons. The Kier molecular flexibility index (Phi) is 12.2. The average Bonchev–Trinajstić information content (AvgIpc) is 1.66. The van der Waals surface area contributed by atoms with E-state index in [0.717, 1.165) is 6.42 Å². The van der Waals surface area contributed by atoms with Crippen LogP contribution in [0.15, 0.2) is 12.2 Å². The van der Waals surface area contributed by atoms with Crippen LogP contribution in [0.2, 0.25) is 0 Å². The number of hydrogen-bond donors (Lipinski definition) is 2. The molecule has 3 heteroatoms. The summed E-state index contributed by atoms with van der Waals surface area (Å²) in [5.74, 6) is 0. The number of rotatable bonds is 1. The molecule has 2 N–H and O–H groups in total. The maximum Gasteiger partial charge on any atom is 0.503 e. The number of carbonyl (C=O) groups is 1. The zero-order valence-electron chi connectivity index (χ0n) is 5.66. The smallest absolute Gasteiger partial charge is 0.450 e. The molecule has 0 aromatic rings. The summed E-state index contributed by atoms with van der Waals surface area (Å²) in [5, 5.41) is 13.9. The summed E-state index contributed by atoms with van der Waals surface area (Å²) < 4.78 is 0. The molecule has 0 saturated heterocycles. The molecule has 0 unspecified atom stereocenters. The molecule has 0 heterocycles. The number of allylic oxidation sites excluding steroid dienone is 2. The van der Waals surface area contributed by atoms with Gasteiger partial charge < -0.3 is 10.2 Å². The van der Waals surface area contributed by atoms with E-state index in [1.807, 2.05) is 6.92 Å². The first-order valence-electron chi connectivity index (χ1n) is 2.68. The fraction of sp³-hybridized carbons (Fsp3) is 0.500. The van der Waals surface area contributed by atoms with Crippen molar-refractivity contribution in [2.24, 2.45) is 0 Å². The zero-order valence-corrected chi connectivity index (χ0v) is 5.66. The van der Waals surface area contributed by atoms with Gasteiger partial charge in [-0.25, -0.2) is 4.79 Å². The largest absolute Gasteiger partial charge is 0.503 e. The van der Waals surface area contributed by atoms with E-state index in [4.69, 9.17) is 15.0 Å². The summed E-state index contributed by atoms with van der Waals surface area (Å²) in [5.41, 5.74) is 0. The third-order valence-electron chi connectivity index (χ3n) is 0.471. The van der Waals surface area contributed by atoms with Gasteiger partial charge in [-0.1, -0.05) is 19.1 Å². The van der Waals surface area contributed by atoms with Crippen LogP contribution in [0, 0.1) is 0 Å². The van der Waals surface area contributed by atoms with Crippen molar-refractivity contribution in [2.45, 2.75) is 20.3 Å². The van der Waals surface area contributed by atoms with Gasteiger partial charge in [0.05, 0.1) is 0 Å². The molecule has 0 saturated carbocycles. The molecule has 54 valence electrons. The summed E-state index contributed by atoms with van der Waals surface area (Å²) in [6, 6.07) is 0. The van der Waals surface area contributed by atoms with E-state index < -0.39 is 6.16 Å². The Morgan fingerprint density at radius 1 is 1.56 bits per heavy atom. The van der Waals surface area contributed by atoms with Gasteiger partial charge in [0.1, 0.15) is 0 Å². The van der Waals surface area contributed by atoms with Crippen LogP contribution < -0.4 is 0 Å². The van der Waals surface area contributed by atoms with Crippen LogP contribution in [-0.2, 0) is 0 Å². The molecular weight excluding hydrogens is 120 g/mol. The van der Waals surface area contributed by atoms with Gasteiger partial charge >= 0.3 is 6.16 Å². The van der Waals surface area contributed by atoms with E-state index in [1.165, 1.54) is 0 Å². The Hall–Kier alpha value is -0.990. The van der Waals surface area contributed by atoms with Gasteiger partial charge in [0, 0.05) is 0 Å². The molecule has 0 atom stereocenters. The molecule has 0 aromatic heterocycles. The van der Waals surface area contributed by atoms with E-state index in [2.05, 4.69) is 19.1 Å². The molecule has 3 nitrogen and oxygen atoms in total. The lowest BCUT2D eigenvalue weighted by molar-refractivity contribution is 0.137. The number of carboxylic acid groups (broad SMARTS) is 2. The highest BCUT2D eigenvalue weighted by Crippen LogP contribution is 1.73. The predicted octanol–water partition coefficient (Wildman–Crippen LogP) is 2.19. The first-order chi connectivity index (χ1) is 4.15. The maximum absolute atomic E-state index is 8.56. The van der Waals surface area contributed by atoms with Crippen LogP contribution in [0.5, 0.6) is 0 Å². The highest BCUT2D eigenvalue weighted by atomic mass is 16.6. The van der Waals surface area contributed by atoms with Crippen molar-refractivity contribution in [3.8, 4) is 0 Å². The molecule has 0 amide bonds. The van der Waals surface area contributed by atoms with Gasteiger partial charge in [-0.3, -0.25) is 0 Å². The molecular formula is C6H12O3. The quantitative estimate of drug-likeness (QED) is 0.537. The second-order valence-corrected chi connectivity index (χ2v) is 1.26. The zero-order chi connectivity index (χ0) is 7.70. The molecule has 0 spiro atoms. The Bertz CT molecular complexity index is 82.3. The normalized spacial score (nSPS) is 8.22. The van der Waals surface area contributed by atoms with Crippen molar-refractivity contribution in [1.82, 2.24) is 0 Å². The first kappa shape index (κ1) is 10.9. The molecule has 0 rings (SSSR count). The van der Waals surface area contributed by atoms with Gasteiger partial charge in [-0.05, 0) is 13.3 Å². The molecule has 0 aliphatic carbocycles. The second kappa shape index (κ2) is 10.1. The highest BCUT2D eigenvalue weighted by molar-refractivity contribution is 5.53. The summed E-state index contributed by atoms with van der Waals surface area (Å²) in [6.45, 7) is 4.16. The Morgan fingerprint density at radius 2 is 1.89 bits per heavy atom. The number of hydrogen-bond acceptors (Lipinski definition) is 1. The van der Waals surface area contributed by atoms with Crippen LogP contribution in [0.25, 0.3) is 0 Å². The van der Waals surface area contributed by atoms with E-state index >= 15 is 0 Å². The van der Waals surface area contributed by atoms with Gasteiger partial charge in [0.25, 0.3) is 0 Å². The van der Waals surface area contributed by atoms with Crippen molar-refractivity contribution in [1.29, 1.82) is 0 Å². The predicted molar refractivity (Wildman–Crippen MR) is 35.8 cm³/mol. The Balaban J connectivity index is 0. The van der Waals surface area contributed by atoms with Crippen LogP contribution in [-0.4, -0.2) is 16.4 Å². The summed E-state index contributed by atoms with van der Waals surface area (Å²) >= 11 is 0. The Morgan fingerprint density at radius 3 is 1.89 bits per heavy atom. The molecule has 0 aliphatic rings. The first-order valence-corrected chi connectivity index (χ1v) is 2.68. The van der Waals surface area contributed by atoms with Crippen LogP contribution in [0.3, 0.4) is 0 Å². The molecule has 0 bridgehead atoms. The summed E-state index contributed by atoms with van der Waals surface area (Å²) in [4.78, 5) is 8.56. The van der Waals surface area contributed by atoms with Crippen LogP contribution in [0.4, 0.5) is 4.79 Å². The Labute approximate surface area is 54.6 Å². The SMILES string of the molecule is C/C=C\CC.O=C(O)O. The fourth-order valence-corrected chi connectivity index (χ4v) is 0.236. The second-order valence-electron chi connectivity index (χ2n) is 1.26. The van der Waals surface area contributed by atoms with Gasteiger partial charge in [0.2, 0.25) is 0 Å². The molecule has 0 aromatic carbocycles. The molecule has 0 fully saturated rings. The average molecular weight is 132 g/mol. The van der Waals surface area contributed by atoms with Crippen LogP contribution in [0.1, 0.15) is 20.3 Å². The summed E-state index contributed by atoms with van der Waals surface area (Å²) in [7, 11) is 0. The monoisotopic (exact) mass is 132 g/mol. The molecule has 0 aliphatic heterocycles. The minimum Gasteiger partial charge on any atom is -0.450 e. The topological polar surface area (TPSA) is 57.5 Å². The highest BCUT2D eigenvalue weighted by Gasteiger charge is 1.70. The summed E-state index contributed by atoms with van der Waals surface area (Å²) in [6.07, 6.45) is 3.51. The van der Waals surface area contributed by atoms with Gasteiger partial charge in [-0.15, -0.1) is 0 Å². The van der Waals surface area contributed by atoms with Crippen molar-refractivity contribution < 1.29 is 15.0 Å². The molecule has 9 heavy (non-hydrogen) atoms. The lowest BCUT2D eigenvalue weighted by Crippen LogP contribution is -1.81. The van der Waals surface area contributed by atoms with Crippen molar-refractivity contribution in [3.05, 3.63) is 12.2 Å². The van der Waals surface area contributed by atoms with Gasteiger partial charge in [-0.2, -0.15) is 0 Å². The fourth-order valence-electron chi connectivity index (χ4n) is 0.236. The van der Waals surface area contributed by atoms with Crippen molar-refractivity contribution >= 4 is 6.16 Å². The maximum atomic E-state index is 8.56. The van der Waals surface area contributed by atoms with Crippen molar-refractivity contribution in [3.63, 3.8) is 0 Å². The van der Waals surface area contributed by atoms with E-state index in [0.29, 0.717) is 0 Å². The third kappa shape index (κ3) is 172.